The van der Waals surface area contributed by atoms with E-state index >= 15 is 0 Å². The first kappa shape index (κ1) is 9.45. The molecule has 0 heterocycles. The van der Waals surface area contributed by atoms with Gasteiger partial charge in [0, 0.05) is 0 Å². The van der Waals surface area contributed by atoms with E-state index in [-0.39, 0.29) is 11.8 Å². The monoisotopic (exact) mass is 199 g/mol. The van der Waals surface area contributed by atoms with Crippen molar-refractivity contribution in [2.24, 2.45) is 23.5 Å². The molecule has 4 atom stereocenters. The van der Waals surface area contributed by atoms with E-state index in [4.69, 9.17) is 15.9 Å². The number of fused-ring (bicyclic) bond motifs is 2. The summed E-state index contributed by atoms with van der Waals surface area (Å²) >= 11 is 0. The molecule has 78 valence electrons. The van der Waals surface area contributed by atoms with Crippen LogP contribution in [-0.2, 0) is 9.59 Å². The molecule has 0 aromatic heterocycles. The van der Waals surface area contributed by atoms with Crippen molar-refractivity contribution in [3.05, 3.63) is 0 Å². The van der Waals surface area contributed by atoms with E-state index in [0.29, 0.717) is 6.42 Å². The highest BCUT2D eigenvalue weighted by atomic mass is 16.4. The Balaban J connectivity index is 2.39. The Morgan fingerprint density at radius 3 is 2.36 bits per heavy atom. The fourth-order valence-corrected chi connectivity index (χ4v) is 3.11. The standard InChI is InChI=1S/C9H13NO4/c10-9(8(13)14)5-2-1-4(3-5)6(9)7(11)12/h4-6H,1-3,10H2,(H,11,12)(H,13,14). The summed E-state index contributed by atoms with van der Waals surface area (Å²) < 4.78 is 0. The first-order valence-corrected chi connectivity index (χ1v) is 4.73. The second-order valence-corrected chi connectivity index (χ2v) is 4.32. The zero-order valence-electron chi connectivity index (χ0n) is 7.64. The average Bonchev–Trinajstić information content (AvgIpc) is 2.61. The van der Waals surface area contributed by atoms with E-state index < -0.39 is 23.4 Å². The molecule has 0 aromatic rings. The highest BCUT2D eigenvalue weighted by Crippen LogP contribution is 2.53. The number of hydrogen-bond donors (Lipinski definition) is 3. The first-order valence-electron chi connectivity index (χ1n) is 4.73. The van der Waals surface area contributed by atoms with Gasteiger partial charge in [-0.05, 0) is 31.1 Å². The highest BCUT2D eigenvalue weighted by molar-refractivity contribution is 5.88. The first-order chi connectivity index (χ1) is 6.48. The zero-order chi connectivity index (χ0) is 10.5. The maximum Gasteiger partial charge on any atom is 0.324 e. The largest absolute Gasteiger partial charge is 0.481 e. The molecule has 0 aliphatic heterocycles. The van der Waals surface area contributed by atoms with Crippen LogP contribution in [0.1, 0.15) is 19.3 Å². The van der Waals surface area contributed by atoms with Crippen LogP contribution in [0.15, 0.2) is 0 Å². The molecule has 4 N–H and O–H groups in total. The third-order valence-corrected chi connectivity index (χ3v) is 3.77. The van der Waals surface area contributed by atoms with Crippen LogP contribution in [0.5, 0.6) is 0 Å². The summed E-state index contributed by atoms with van der Waals surface area (Å²) in [7, 11) is 0. The lowest BCUT2D eigenvalue weighted by molar-refractivity contribution is -0.158. The lowest BCUT2D eigenvalue weighted by Crippen LogP contribution is -2.60. The fraction of sp³-hybridized carbons (Fsp3) is 0.778. The van der Waals surface area contributed by atoms with Gasteiger partial charge in [-0.25, -0.2) is 0 Å². The molecule has 2 aliphatic carbocycles. The molecule has 0 amide bonds. The number of carboxylic acids is 2. The van der Waals surface area contributed by atoms with Gasteiger partial charge >= 0.3 is 11.9 Å². The molecular weight excluding hydrogens is 186 g/mol. The summed E-state index contributed by atoms with van der Waals surface area (Å²) in [4.78, 5) is 22.0. The summed E-state index contributed by atoms with van der Waals surface area (Å²) in [6.07, 6.45) is 2.20. The summed E-state index contributed by atoms with van der Waals surface area (Å²) in [5.41, 5.74) is 4.22. The Labute approximate surface area is 80.9 Å². The van der Waals surface area contributed by atoms with Crippen LogP contribution in [0.2, 0.25) is 0 Å². The minimum absolute atomic E-state index is 0.0430. The number of aliphatic carboxylic acids is 2. The lowest BCUT2D eigenvalue weighted by atomic mass is 9.73. The minimum Gasteiger partial charge on any atom is -0.481 e. The third kappa shape index (κ3) is 0.930. The molecule has 14 heavy (non-hydrogen) atoms. The van der Waals surface area contributed by atoms with E-state index in [9.17, 15) is 9.59 Å². The van der Waals surface area contributed by atoms with Crippen molar-refractivity contribution in [3.8, 4) is 0 Å². The number of rotatable bonds is 2. The molecule has 0 spiro atoms. The van der Waals surface area contributed by atoms with Gasteiger partial charge in [0.25, 0.3) is 0 Å². The molecule has 2 aliphatic rings. The Kier molecular flexibility index (Phi) is 1.82. The maximum absolute atomic E-state index is 11.0. The highest BCUT2D eigenvalue weighted by Gasteiger charge is 2.63. The van der Waals surface area contributed by atoms with Crippen molar-refractivity contribution in [1.82, 2.24) is 0 Å². The molecule has 4 unspecified atom stereocenters. The lowest BCUT2D eigenvalue weighted by Gasteiger charge is -2.34. The molecule has 0 aromatic carbocycles. The van der Waals surface area contributed by atoms with Crippen LogP contribution in [0.25, 0.3) is 0 Å². The molecule has 2 saturated carbocycles. The summed E-state index contributed by atoms with van der Waals surface area (Å²) in [6.45, 7) is 0. The molecule has 2 rings (SSSR count). The van der Waals surface area contributed by atoms with Crippen LogP contribution in [0, 0.1) is 17.8 Å². The predicted octanol–water partition coefficient (Wildman–Crippen LogP) is -0.101. The SMILES string of the molecule is NC1(C(=O)O)C2CCC(C2)C1C(=O)O. The van der Waals surface area contributed by atoms with Gasteiger partial charge in [-0.3, -0.25) is 9.59 Å². The topological polar surface area (TPSA) is 101 Å². The maximum atomic E-state index is 11.0. The zero-order valence-corrected chi connectivity index (χ0v) is 7.64. The minimum atomic E-state index is -1.53. The Hall–Kier alpha value is -1.10. The van der Waals surface area contributed by atoms with E-state index in [1.807, 2.05) is 0 Å². The molecule has 0 saturated heterocycles. The van der Waals surface area contributed by atoms with Crippen LogP contribution in [-0.4, -0.2) is 27.7 Å². The van der Waals surface area contributed by atoms with Crippen molar-refractivity contribution in [2.45, 2.75) is 24.8 Å². The Morgan fingerprint density at radius 2 is 1.93 bits per heavy atom. The molecule has 2 bridgehead atoms. The predicted molar refractivity (Wildman–Crippen MR) is 46.5 cm³/mol. The van der Waals surface area contributed by atoms with Gasteiger partial charge in [0.2, 0.25) is 0 Å². The van der Waals surface area contributed by atoms with E-state index in [0.717, 1.165) is 12.8 Å². The van der Waals surface area contributed by atoms with Gasteiger partial charge in [0.05, 0.1) is 5.92 Å². The van der Waals surface area contributed by atoms with Gasteiger partial charge in [0.15, 0.2) is 0 Å². The Morgan fingerprint density at radius 1 is 1.29 bits per heavy atom. The molecular formula is C9H13NO4. The molecule has 2 fully saturated rings. The van der Waals surface area contributed by atoms with Gasteiger partial charge in [-0.2, -0.15) is 0 Å². The molecule has 5 heteroatoms. The normalized spacial score (nSPS) is 45.4. The van der Waals surface area contributed by atoms with Gasteiger partial charge in [0.1, 0.15) is 5.54 Å². The van der Waals surface area contributed by atoms with E-state index in [1.54, 1.807) is 0 Å². The van der Waals surface area contributed by atoms with Gasteiger partial charge in [-0.15, -0.1) is 0 Å². The summed E-state index contributed by atoms with van der Waals surface area (Å²) in [5, 5.41) is 18.0. The molecule has 0 radical (unpaired) electrons. The summed E-state index contributed by atoms with van der Waals surface area (Å²) in [6, 6.07) is 0. The van der Waals surface area contributed by atoms with Crippen molar-refractivity contribution >= 4 is 11.9 Å². The van der Waals surface area contributed by atoms with Crippen LogP contribution < -0.4 is 5.73 Å². The second-order valence-electron chi connectivity index (χ2n) is 4.32. The van der Waals surface area contributed by atoms with Gasteiger partial charge < -0.3 is 15.9 Å². The van der Waals surface area contributed by atoms with Crippen molar-refractivity contribution in [2.75, 3.05) is 0 Å². The quantitative estimate of drug-likeness (QED) is 0.576. The Bertz CT molecular complexity index is 303. The number of hydrogen-bond acceptors (Lipinski definition) is 3. The van der Waals surface area contributed by atoms with Crippen LogP contribution >= 0.6 is 0 Å². The van der Waals surface area contributed by atoms with E-state index in [2.05, 4.69) is 0 Å². The van der Waals surface area contributed by atoms with Crippen molar-refractivity contribution in [3.63, 3.8) is 0 Å². The van der Waals surface area contributed by atoms with E-state index in [1.165, 1.54) is 0 Å². The second kappa shape index (κ2) is 2.70. The summed E-state index contributed by atoms with van der Waals surface area (Å²) in [5.74, 6) is -3.34. The van der Waals surface area contributed by atoms with Gasteiger partial charge in [-0.1, -0.05) is 0 Å². The third-order valence-electron chi connectivity index (χ3n) is 3.77. The van der Waals surface area contributed by atoms with Crippen molar-refractivity contribution in [1.29, 1.82) is 0 Å². The number of carboxylic acid groups (broad SMARTS) is 2. The van der Waals surface area contributed by atoms with Crippen LogP contribution in [0.4, 0.5) is 0 Å². The molecule has 5 nitrogen and oxygen atoms in total. The number of carbonyl (C=O) groups is 2. The smallest absolute Gasteiger partial charge is 0.324 e. The number of nitrogens with two attached hydrogens (primary N) is 1. The van der Waals surface area contributed by atoms with Crippen molar-refractivity contribution < 1.29 is 19.8 Å². The van der Waals surface area contributed by atoms with Crippen LogP contribution in [0.3, 0.4) is 0 Å². The fourth-order valence-electron chi connectivity index (χ4n) is 3.11. The average molecular weight is 199 g/mol.